The number of aromatic nitrogens is 2. The van der Waals surface area contributed by atoms with Gasteiger partial charge in [-0.3, -0.25) is 0 Å². The van der Waals surface area contributed by atoms with Crippen molar-refractivity contribution in [2.75, 3.05) is 19.6 Å². The van der Waals surface area contributed by atoms with E-state index in [1.165, 1.54) is 6.42 Å². The van der Waals surface area contributed by atoms with Gasteiger partial charge in [0.15, 0.2) is 0 Å². The first-order valence-corrected chi connectivity index (χ1v) is 7.96. The molecule has 0 radical (unpaired) electrons. The molecule has 4 heteroatoms. The molecule has 0 amide bonds. The number of hydrogen-bond donors (Lipinski definition) is 1. The zero-order valence-corrected chi connectivity index (χ0v) is 13.0. The molecule has 1 aliphatic heterocycles. The molecule has 0 saturated carbocycles. The van der Waals surface area contributed by atoms with Crippen molar-refractivity contribution in [2.45, 2.75) is 38.2 Å². The SMILES string of the molecule is CCCN1CCC(O)(Cc2nc3ccccc3n2C)CC1. The van der Waals surface area contributed by atoms with Crippen molar-refractivity contribution in [3.05, 3.63) is 30.1 Å². The Balaban J connectivity index is 1.74. The molecule has 0 bridgehead atoms. The molecule has 0 atom stereocenters. The Morgan fingerprint density at radius 1 is 1.24 bits per heavy atom. The zero-order chi connectivity index (χ0) is 14.9. The van der Waals surface area contributed by atoms with Gasteiger partial charge < -0.3 is 14.6 Å². The summed E-state index contributed by atoms with van der Waals surface area (Å²) < 4.78 is 2.12. The number of piperidine rings is 1. The molecule has 0 spiro atoms. The number of aryl methyl sites for hydroxylation is 1. The van der Waals surface area contributed by atoms with E-state index < -0.39 is 5.60 Å². The van der Waals surface area contributed by atoms with Crippen LogP contribution >= 0.6 is 0 Å². The minimum absolute atomic E-state index is 0.598. The second-order valence-electron chi connectivity index (χ2n) is 6.32. The van der Waals surface area contributed by atoms with Gasteiger partial charge in [0.05, 0.1) is 16.6 Å². The maximum absolute atomic E-state index is 10.9. The summed E-state index contributed by atoms with van der Waals surface area (Å²) in [6, 6.07) is 8.16. The molecular weight excluding hydrogens is 262 g/mol. The van der Waals surface area contributed by atoms with Crippen molar-refractivity contribution in [2.24, 2.45) is 7.05 Å². The summed E-state index contributed by atoms with van der Waals surface area (Å²) in [6.07, 6.45) is 3.52. The molecule has 1 fully saturated rings. The molecule has 2 heterocycles. The molecule has 114 valence electrons. The maximum Gasteiger partial charge on any atom is 0.112 e. The van der Waals surface area contributed by atoms with E-state index in [0.717, 1.165) is 49.3 Å². The first-order valence-electron chi connectivity index (χ1n) is 7.96. The molecular formula is C17H25N3O. The lowest BCUT2D eigenvalue weighted by atomic mass is 9.88. The van der Waals surface area contributed by atoms with E-state index in [1.807, 2.05) is 25.2 Å². The Bertz CT molecular complexity index is 612. The van der Waals surface area contributed by atoms with Crippen LogP contribution in [0.1, 0.15) is 32.0 Å². The smallest absolute Gasteiger partial charge is 0.112 e. The molecule has 2 aromatic rings. The molecule has 1 aliphatic rings. The van der Waals surface area contributed by atoms with Crippen molar-refractivity contribution in [3.8, 4) is 0 Å². The number of hydrogen-bond acceptors (Lipinski definition) is 3. The van der Waals surface area contributed by atoms with Crippen molar-refractivity contribution in [1.29, 1.82) is 0 Å². The number of rotatable bonds is 4. The largest absolute Gasteiger partial charge is 0.389 e. The fraction of sp³-hybridized carbons (Fsp3) is 0.588. The number of fused-ring (bicyclic) bond motifs is 1. The molecule has 0 aliphatic carbocycles. The van der Waals surface area contributed by atoms with Crippen LogP contribution in [0, 0.1) is 0 Å². The van der Waals surface area contributed by atoms with Crippen molar-refractivity contribution in [3.63, 3.8) is 0 Å². The molecule has 1 aromatic heterocycles. The predicted molar refractivity (Wildman–Crippen MR) is 85.3 cm³/mol. The highest BCUT2D eigenvalue weighted by atomic mass is 16.3. The van der Waals surface area contributed by atoms with Gasteiger partial charge in [-0.2, -0.15) is 0 Å². The van der Waals surface area contributed by atoms with E-state index >= 15 is 0 Å². The second kappa shape index (κ2) is 5.78. The van der Waals surface area contributed by atoms with Crippen LogP contribution in [-0.4, -0.2) is 44.8 Å². The van der Waals surface area contributed by atoms with Gasteiger partial charge in [0.25, 0.3) is 0 Å². The summed E-state index contributed by atoms with van der Waals surface area (Å²) in [6.45, 7) is 5.34. The Morgan fingerprint density at radius 2 is 1.95 bits per heavy atom. The van der Waals surface area contributed by atoms with E-state index in [1.54, 1.807) is 0 Å². The molecule has 3 rings (SSSR count). The summed E-state index contributed by atoms with van der Waals surface area (Å²) in [5, 5.41) is 10.9. The molecule has 1 N–H and O–H groups in total. The van der Waals surface area contributed by atoms with Crippen molar-refractivity contribution >= 4 is 11.0 Å². The summed E-state index contributed by atoms with van der Waals surface area (Å²) in [5.74, 6) is 0.989. The third-order valence-electron chi connectivity index (χ3n) is 4.69. The monoisotopic (exact) mass is 287 g/mol. The van der Waals surface area contributed by atoms with Crippen LogP contribution in [-0.2, 0) is 13.5 Å². The molecule has 21 heavy (non-hydrogen) atoms. The molecule has 1 aromatic carbocycles. The average molecular weight is 287 g/mol. The normalized spacial score (nSPS) is 19.2. The van der Waals surface area contributed by atoms with E-state index in [2.05, 4.69) is 22.5 Å². The minimum Gasteiger partial charge on any atom is -0.389 e. The predicted octanol–water partition coefficient (Wildman–Crippen LogP) is 2.35. The lowest BCUT2D eigenvalue weighted by molar-refractivity contribution is -0.0222. The van der Waals surface area contributed by atoms with E-state index in [0.29, 0.717) is 6.42 Å². The van der Waals surface area contributed by atoms with Gasteiger partial charge >= 0.3 is 0 Å². The highest BCUT2D eigenvalue weighted by Gasteiger charge is 2.33. The maximum atomic E-state index is 10.9. The van der Waals surface area contributed by atoms with E-state index in [4.69, 9.17) is 4.98 Å². The lowest BCUT2D eigenvalue weighted by Gasteiger charge is -2.38. The van der Waals surface area contributed by atoms with Gasteiger partial charge in [-0.25, -0.2) is 4.98 Å². The number of nitrogens with zero attached hydrogens (tertiary/aromatic N) is 3. The van der Waals surface area contributed by atoms with Gasteiger partial charge in [-0.05, 0) is 37.9 Å². The summed E-state index contributed by atoms with van der Waals surface area (Å²) in [4.78, 5) is 7.14. The number of para-hydroxylation sites is 2. The summed E-state index contributed by atoms with van der Waals surface area (Å²) >= 11 is 0. The number of benzene rings is 1. The lowest BCUT2D eigenvalue weighted by Crippen LogP contribution is -2.46. The standard InChI is InChI=1S/C17H25N3O/c1-3-10-20-11-8-17(21,9-12-20)13-16-18-14-6-4-5-7-15(14)19(16)2/h4-7,21H,3,8-13H2,1-2H3. The average Bonchev–Trinajstić information content (AvgIpc) is 2.79. The fourth-order valence-electron chi connectivity index (χ4n) is 3.33. The minimum atomic E-state index is -0.598. The van der Waals surface area contributed by atoms with Gasteiger partial charge in [-0.15, -0.1) is 0 Å². The third kappa shape index (κ3) is 2.97. The van der Waals surface area contributed by atoms with Crippen LogP contribution in [0.4, 0.5) is 0 Å². The first-order chi connectivity index (χ1) is 10.1. The van der Waals surface area contributed by atoms with Crippen LogP contribution in [0.3, 0.4) is 0 Å². The van der Waals surface area contributed by atoms with Gasteiger partial charge in [0, 0.05) is 26.6 Å². The fourth-order valence-corrected chi connectivity index (χ4v) is 3.33. The molecule has 0 unspecified atom stereocenters. The van der Waals surface area contributed by atoms with Crippen LogP contribution in [0.2, 0.25) is 0 Å². The van der Waals surface area contributed by atoms with E-state index in [-0.39, 0.29) is 0 Å². The van der Waals surface area contributed by atoms with Crippen molar-refractivity contribution < 1.29 is 5.11 Å². The van der Waals surface area contributed by atoms with Crippen LogP contribution in [0.25, 0.3) is 11.0 Å². The zero-order valence-electron chi connectivity index (χ0n) is 13.0. The Hall–Kier alpha value is -1.39. The van der Waals surface area contributed by atoms with E-state index in [9.17, 15) is 5.11 Å². The molecule has 1 saturated heterocycles. The topological polar surface area (TPSA) is 41.3 Å². The van der Waals surface area contributed by atoms with Gasteiger partial charge in [-0.1, -0.05) is 19.1 Å². The third-order valence-corrected chi connectivity index (χ3v) is 4.69. The van der Waals surface area contributed by atoms with Crippen LogP contribution < -0.4 is 0 Å². The highest BCUT2D eigenvalue weighted by Crippen LogP contribution is 2.27. The quantitative estimate of drug-likeness (QED) is 0.938. The second-order valence-corrected chi connectivity index (χ2v) is 6.32. The first kappa shape index (κ1) is 14.5. The number of likely N-dealkylation sites (tertiary alicyclic amines) is 1. The van der Waals surface area contributed by atoms with Gasteiger partial charge in [0.1, 0.15) is 5.82 Å². The Labute approximate surface area is 126 Å². The summed E-state index contributed by atoms with van der Waals surface area (Å²) in [7, 11) is 2.04. The van der Waals surface area contributed by atoms with Crippen molar-refractivity contribution in [1.82, 2.24) is 14.5 Å². The molecule has 4 nitrogen and oxygen atoms in total. The number of imidazole rings is 1. The Morgan fingerprint density at radius 3 is 2.62 bits per heavy atom. The Kier molecular flexibility index (Phi) is 4.00. The highest BCUT2D eigenvalue weighted by molar-refractivity contribution is 5.75. The van der Waals surface area contributed by atoms with Gasteiger partial charge in [0.2, 0.25) is 0 Å². The van der Waals surface area contributed by atoms with Crippen LogP contribution in [0.5, 0.6) is 0 Å². The summed E-state index contributed by atoms with van der Waals surface area (Å²) in [5.41, 5.74) is 1.56. The number of aliphatic hydroxyl groups is 1. The van der Waals surface area contributed by atoms with Crippen LogP contribution in [0.15, 0.2) is 24.3 Å².